The van der Waals surface area contributed by atoms with Crippen molar-refractivity contribution in [2.24, 2.45) is 0 Å². The summed E-state index contributed by atoms with van der Waals surface area (Å²) in [5, 5.41) is 0. The fourth-order valence-electron chi connectivity index (χ4n) is 1.29. The lowest BCUT2D eigenvalue weighted by Gasteiger charge is -2.26. The number of hydrogen-bond donors (Lipinski definition) is 0. The summed E-state index contributed by atoms with van der Waals surface area (Å²) in [6.45, 7) is 5.03. The standard InChI is InChI=1S/C9H12ClNO3S2/c1-6(2)11(3-4-14-5-12)7-8(10)15-16-9(7)13/h5-6H,3-4H2,1-2H3. The Hall–Kier alpha value is -0.590. The van der Waals surface area contributed by atoms with E-state index in [1.165, 1.54) is 10.3 Å². The minimum Gasteiger partial charge on any atom is -0.466 e. The summed E-state index contributed by atoms with van der Waals surface area (Å²) in [6, 6.07) is 0.127. The Morgan fingerprint density at radius 3 is 2.62 bits per heavy atom. The normalized spacial score (nSPS) is 10.5. The molecule has 0 spiro atoms. The first-order valence-electron chi connectivity index (χ1n) is 4.68. The van der Waals surface area contributed by atoms with Gasteiger partial charge in [0.1, 0.15) is 16.6 Å². The highest BCUT2D eigenvalue weighted by Gasteiger charge is 2.19. The Labute approximate surface area is 106 Å². The van der Waals surface area contributed by atoms with Crippen LogP contribution in [-0.4, -0.2) is 25.7 Å². The highest BCUT2D eigenvalue weighted by molar-refractivity contribution is 7.70. The molecule has 4 nitrogen and oxygen atoms in total. The fourth-order valence-corrected chi connectivity index (χ4v) is 3.55. The largest absolute Gasteiger partial charge is 0.466 e. The maximum absolute atomic E-state index is 11.6. The molecule has 0 aromatic carbocycles. The number of ether oxygens (including phenoxy) is 1. The molecule has 0 bridgehead atoms. The zero-order chi connectivity index (χ0) is 12.1. The van der Waals surface area contributed by atoms with Crippen molar-refractivity contribution in [1.29, 1.82) is 0 Å². The number of carbonyl (C=O) groups is 1. The van der Waals surface area contributed by atoms with Crippen molar-refractivity contribution in [3.63, 3.8) is 0 Å². The number of anilines is 1. The van der Waals surface area contributed by atoms with Crippen molar-refractivity contribution in [3.8, 4) is 0 Å². The van der Waals surface area contributed by atoms with Crippen molar-refractivity contribution >= 4 is 44.4 Å². The lowest BCUT2D eigenvalue weighted by atomic mass is 10.3. The predicted molar refractivity (Wildman–Crippen MR) is 68.0 cm³/mol. The van der Waals surface area contributed by atoms with E-state index in [4.69, 9.17) is 11.6 Å². The Balaban J connectivity index is 2.85. The van der Waals surface area contributed by atoms with Gasteiger partial charge >= 0.3 is 0 Å². The smallest absolute Gasteiger partial charge is 0.293 e. The molecule has 1 heterocycles. The van der Waals surface area contributed by atoms with Crippen LogP contribution in [0.2, 0.25) is 4.34 Å². The highest BCUT2D eigenvalue weighted by atomic mass is 35.5. The molecule has 0 radical (unpaired) electrons. The third-order valence-electron chi connectivity index (χ3n) is 2.00. The topological polar surface area (TPSA) is 46.6 Å². The van der Waals surface area contributed by atoms with E-state index in [1.54, 1.807) is 0 Å². The molecule has 0 unspecified atom stereocenters. The Morgan fingerprint density at radius 1 is 1.50 bits per heavy atom. The molecular formula is C9H12ClNO3S2. The average molecular weight is 282 g/mol. The van der Waals surface area contributed by atoms with Crippen LogP contribution in [0.3, 0.4) is 0 Å². The van der Waals surface area contributed by atoms with E-state index in [9.17, 15) is 9.59 Å². The van der Waals surface area contributed by atoms with Crippen LogP contribution >= 0.6 is 32.3 Å². The van der Waals surface area contributed by atoms with Crippen LogP contribution in [0.15, 0.2) is 4.79 Å². The van der Waals surface area contributed by atoms with E-state index in [1.807, 2.05) is 18.7 Å². The Morgan fingerprint density at radius 2 is 2.19 bits per heavy atom. The van der Waals surface area contributed by atoms with Gasteiger partial charge in [0.05, 0.1) is 6.54 Å². The second-order valence-corrected chi connectivity index (χ2v) is 6.05. The van der Waals surface area contributed by atoms with Gasteiger partial charge in [-0.1, -0.05) is 21.9 Å². The molecule has 0 aliphatic carbocycles. The van der Waals surface area contributed by atoms with Gasteiger partial charge < -0.3 is 9.64 Å². The number of rotatable bonds is 6. The molecular weight excluding hydrogens is 270 g/mol. The first kappa shape index (κ1) is 13.5. The van der Waals surface area contributed by atoms with Crippen molar-refractivity contribution in [1.82, 2.24) is 0 Å². The Kier molecular flexibility index (Phi) is 5.24. The zero-order valence-corrected chi connectivity index (χ0v) is 11.3. The van der Waals surface area contributed by atoms with Crippen molar-refractivity contribution < 1.29 is 9.53 Å². The SMILES string of the molecule is CC(C)N(CCOC=O)c1c(Cl)ssc1=O. The van der Waals surface area contributed by atoms with Crippen molar-refractivity contribution in [2.45, 2.75) is 19.9 Å². The number of carbonyl (C=O) groups excluding carboxylic acids is 1. The second-order valence-electron chi connectivity index (χ2n) is 3.33. The van der Waals surface area contributed by atoms with Gasteiger partial charge in [-0.05, 0) is 24.2 Å². The van der Waals surface area contributed by atoms with E-state index in [-0.39, 0.29) is 17.4 Å². The summed E-state index contributed by atoms with van der Waals surface area (Å²) in [6.07, 6.45) is 0. The van der Waals surface area contributed by atoms with Gasteiger partial charge in [-0.3, -0.25) is 9.59 Å². The van der Waals surface area contributed by atoms with Crippen LogP contribution in [0.4, 0.5) is 5.69 Å². The lowest BCUT2D eigenvalue weighted by Crippen LogP contribution is -2.36. The first-order valence-corrected chi connectivity index (χ1v) is 7.21. The molecule has 0 aliphatic heterocycles. The summed E-state index contributed by atoms with van der Waals surface area (Å²) >= 11 is 5.97. The molecule has 0 N–H and O–H groups in total. The molecule has 0 aliphatic rings. The van der Waals surface area contributed by atoms with E-state index < -0.39 is 0 Å². The number of halogens is 1. The second kappa shape index (κ2) is 6.22. The summed E-state index contributed by atoms with van der Waals surface area (Å²) < 4.78 is 5.08. The molecule has 0 saturated heterocycles. The molecule has 90 valence electrons. The van der Waals surface area contributed by atoms with Gasteiger partial charge in [-0.25, -0.2) is 0 Å². The summed E-state index contributed by atoms with van der Waals surface area (Å²) in [7, 11) is 2.38. The van der Waals surface area contributed by atoms with Crippen LogP contribution in [0.25, 0.3) is 0 Å². The molecule has 0 atom stereocenters. The first-order chi connectivity index (χ1) is 7.57. The lowest BCUT2D eigenvalue weighted by molar-refractivity contribution is -0.128. The molecule has 0 amide bonds. The fraction of sp³-hybridized carbons (Fsp3) is 0.556. The third-order valence-corrected chi connectivity index (χ3v) is 4.66. The molecule has 0 saturated carbocycles. The molecule has 16 heavy (non-hydrogen) atoms. The van der Waals surface area contributed by atoms with Crippen LogP contribution in [0, 0.1) is 0 Å². The molecule has 7 heteroatoms. The quantitative estimate of drug-likeness (QED) is 0.456. The van der Waals surface area contributed by atoms with Gasteiger partial charge in [0.25, 0.3) is 11.2 Å². The van der Waals surface area contributed by atoms with E-state index >= 15 is 0 Å². The molecule has 0 fully saturated rings. The van der Waals surface area contributed by atoms with Gasteiger partial charge in [-0.2, -0.15) is 0 Å². The van der Waals surface area contributed by atoms with Crippen LogP contribution < -0.4 is 9.64 Å². The summed E-state index contributed by atoms with van der Waals surface area (Å²) in [4.78, 5) is 23.5. The van der Waals surface area contributed by atoms with Gasteiger partial charge in [-0.15, -0.1) is 0 Å². The monoisotopic (exact) mass is 281 g/mol. The van der Waals surface area contributed by atoms with Crippen LogP contribution in [-0.2, 0) is 9.53 Å². The zero-order valence-electron chi connectivity index (χ0n) is 8.94. The minimum absolute atomic E-state index is 0.0465. The van der Waals surface area contributed by atoms with E-state index in [2.05, 4.69) is 4.74 Å². The molecule has 1 aromatic heterocycles. The minimum atomic E-state index is -0.0465. The Bertz CT molecular complexity index is 402. The molecule has 1 aromatic rings. The third kappa shape index (κ3) is 3.20. The van der Waals surface area contributed by atoms with E-state index in [0.29, 0.717) is 23.0 Å². The van der Waals surface area contributed by atoms with Gasteiger partial charge in [0, 0.05) is 6.04 Å². The van der Waals surface area contributed by atoms with Crippen LogP contribution in [0.5, 0.6) is 0 Å². The van der Waals surface area contributed by atoms with Gasteiger partial charge in [0.15, 0.2) is 0 Å². The summed E-state index contributed by atoms with van der Waals surface area (Å²) in [5.41, 5.74) is 0.515. The van der Waals surface area contributed by atoms with Crippen LogP contribution in [0.1, 0.15) is 13.8 Å². The summed E-state index contributed by atoms with van der Waals surface area (Å²) in [5.74, 6) is 0. The predicted octanol–water partition coefficient (Wildman–Crippen LogP) is 2.21. The van der Waals surface area contributed by atoms with Crippen molar-refractivity contribution in [2.75, 3.05) is 18.1 Å². The van der Waals surface area contributed by atoms with Crippen molar-refractivity contribution in [3.05, 3.63) is 13.9 Å². The molecule has 1 rings (SSSR count). The highest BCUT2D eigenvalue weighted by Crippen LogP contribution is 2.30. The number of hydrogen-bond acceptors (Lipinski definition) is 6. The number of nitrogens with zero attached hydrogens (tertiary/aromatic N) is 1. The maximum Gasteiger partial charge on any atom is 0.293 e. The maximum atomic E-state index is 11.6. The van der Waals surface area contributed by atoms with E-state index in [0.717, 1.165) is 10.3 Å². The average Bonchev–Trinajstić information content (AvgIpc) is 2.54. The van der Waals surface area contributed by atoms with Gasteiger partial charge in [0.2, 0.25) is 0 Å².